The smallest absolute Gasteiger partial charge is 0.320 e. The van der Waals surface area contributed by atoms with E-state index in [2.05, 4.69) is 0 Å². The molecule has 110 valence electrons. The molecule has 0 aliphatic rings. The lowest BCUT2D eigenvalue weighted by Crippen LogP contribution is -2.31. The Bertz CT molecular complexity index is 686. The van der Waals surface area contributed by atoms with Gasteiger partial charge in [0.05, 0.1) is 16.9 Å². The van der Waals surface area contributed by atoms with Gasteiger partial charge in [-0.15, -0.1) is 0 Å². The molecule has 7 nitrogen and oxygen atoms in total. The number of ether oxygens (including phenoxy) is 1. The summed E-state index contributed by atoms with van der Waals surface area (Å²) >= 11 is 0. The van der Waals surface area contributed by atoms with Crippen LogP contribution in [0.25, 0.3) is 10.8 Å². The molecule has 7 heteroatoms. The molecule has 0 fully saturated rings. The predicted octanol–water partition coefficient (Wildman–Crippen LogP) is 1.93. The third kappa shape index (κ3) is 3.26. The van der Waals surface area contributed by atoms with Crippen LogP contribution < -0.4 is 10.5 Å². The Hall–Kier alpha value is -2.67. The first kappa shape index (κ1) is 14.7. The summed E-state index contributed by atoms with van der Waals surface area (Å²) in [4.78, 5) is 21.2. The third-order valence-electron chi connectivity index (χ3n) is 3.06. The van der Waals surface area contributed by atoms with Crippen LogP contribution in [0.5, 0.6) is 5.75 Å². The first-order valence-corrected chi connectivity index (χ1v) is 6.28. The molecular weight excluding hydrogens is 276 g/mol. The van der Waals surface area contributed by atoms with E-state index in [1.807, 2.05) is 0 Å². The average molecular weight is 290 g/mol. The van der Waals surface area contributed by atoms with Crippen molar-refractivity contribution in [1.82, 2.24) is 0 Å². The highest BCUT2D eigenvalue weighted by Gasteiger charge is 2.15. The maximum atomic E-state index is 11.0. The van der Waals surface area contributed by atoms with Crippen molar-refractivity contribution in [3.8, 4) is 5.75 Å². The van der Waals surface area contributed by atoms with E-state index in [0.717, 1.165) is 0 Å². The van der Waals surface area contributed by atoms with Gasteiger partial charge < -0.3 is 15.6 Å². The molecule has 1 atom stereocenters. The zero-order chi connectivity index (χ0) is 15.4. The lowest BCUT2D eigenvalue weighted by atomic mass is 10.1. The lowest BCUT2D eigenvalue weighted by molar-refractivity contribution is -0.383. The van der Waals surface area contributed by atoms with E-state index < -0.39 is 16.9 Å². The van der Waals surface area contributed by atoms with Crippen LogP contribution in [0.3, 0.4) is 0 Å². The van der Waals surface area contributed by atoms with Gasteiger partial charge in [-0.05, 0) is 12.1 Å². The number of carboxylic acids is 1. The molecule has 0 radical (unpaired) electrons. The fourth-order valence-corrected chi connectivity index (χ4v) is 1.96. The molecule has 21 heavy (non-hydrogen) atoms. The number of hydrogen-bond donors (Lipinski definition) is 2. The summed E-state index contributed by atoms with van der Waals surface area (Å²) in [5.74, 6) is -0.624. The quantitative estimate of drug-likeness (QED) is 0.620. The summed E-state index contributed by atoms with van der Waals surface area (Å²) < 4.78 is 5.51. The second-order valence-electron chi connectivity index (χ2n) is 4.47. The fourth-order valence-electron chi connectivity index (χ4n) is 1.96. The number of carbonyl (C=O) groups is 1. The molecule has 0 amide bonds. The maximum Gasteiger partial charge on any atom is 0.320 e. The van der Waals surface area contributed by atoms with Crippen LogP contribution in [-0.4, -0.2) is 28.6 Å². The van der Waals surface area contributed by atoms with Crippen molar-refractivity contribution < 1.29 is 19.6 Å². The molecule has 0 aliphatic carbocycles. The Morgan fingerprint density at radius 1 is 1.29 bits per heavy atom. The van der Waals surface area contributed by atoms with Gasteiger partial charge in [0, 0.05) is 17.9 Å². The summed E-state index contributed by atoms with van der Waals surface area (Å²) in [6.07, 6.45) is 0.153. The van der Waals surface area contributed by atoms with E-state index >= 15 is 0 Å². The molecule has 0 heterocycles. The SMILES string of the molecule is NC(CCOc1ccc([N+](=O)[O-])c2ccccc12)C(=O)O. The minimum Gasteiger partial charge on any atom is -0.493 e. The van der Waals surface area contributed by atoms with Crippen LogP contribution in [0, 0.1) is 10.1 Å². The predicted molar refractivity (Wildman–Crippen MR) is 76.3 cm³/mol. The Balaban J connectivity index is 2.23. The highest BCUT2D eigenvalue weighted by molar-refractivity contribution is 5.95. The third-order valence-corrected chi connectivity index (χ3v) is 3.06. The summed E-state index contributed by atoms with van der Waals surface area (Å²) in [5.41, 5.74) is 5.39. The van der Waals surface area contributed by atoms with Crippen molar-refractivity contribution in [1.29, 1.82) is 0 Å². The number of aliphatic carboxylic acids is 1. The van der Waals surface area contributed by atoms with Crippen LogP contribution >= 0.6 is 0 Å². The molecule has 0 aromatic heterocycles. The number of nitro benzene ring substituents is 1. The lowest BCUT2D eigenvalue weighted by Gasteiger charge is -2.11. The van der Waals surface area contributed by atoms with Gasteiger partial charge in [-0.2, -0.15) is 0 Å². The van der Waals surface area contributed by atoms with E-state index in [9.17, 15) is 14.9 Å². The molecule has 2 aromatic carbocycles. The van der Waals surface area contributed by atoms with E-state index in [4.69, 9.17) is 15.6 Å². The Kier molecular flexibility index (Phi) is 4.34. The molecule has 3 N–H and O–H groups in total. The topological polar surface area (TPSA) is 116 Å². The number of rotatable bonds is 6. The van der Waals surface area contributed by atoms with Gasteiger partial charge in [-0.3, -0.25) is 14.9 Å². The molecule has 0 bridgehead atoms. The van der Waals surface area contributed by atoms with Gasteiger partial charge >= 0.3 is 5.97 Å². The van der Waals surface area contributed by atoms with Gasteiger partial charge in [-0.25, -0.2) is 0 Å². The number of nitro groups is 1. The van der Waals surface area contributed by atoms with Gasteiger partial charge in [0.25, 0.3) is 5.69 Å². The number of non-ortho nitro benzene ring substituents is 1. The summed E-state index contributed by atoms with van der Waals surface area (Å²) in [6.45, 7) is 0.120. The summed E-state index contributed by atoms with van der Waals surface area (Å²) in [7, 11) is 0. The van der Waals surface area contributed by atoms with Crippen LogP contribution in [0.4, 0.5) is 5.69 Å². The van der Waals surface area contributed by atoms with Crippen molar-refractivity contribution in [3.63, 3.8) is 0 Å². The molecule has 0 saturated carbocycles. The zero-order valence-corrected chi connectivity index (χ0v) is 11.1. The number of benzene rings is 2. The molecule has 0 spiro atoms. The number of hydrogen-bond acceptors (Lipinski definition) is 5. The first-order valence-electron chi connectivity index (χ1n) is 6.28. The second kappa shape index (κ2) is 6.19. The Morgan fingerprint density at radius 3 is 2.57 bits per heavy atom. The summed E-state index contributed by atoms with van der Waals surface area (Å²) in [5, 5.41) is 20.8. The largest absolute Gasteiger partial charge is 0.493 e. The second-order valence-corrected chi connectivity index (χ2v) is 4.47. The van der Waals surface area contributed by atoms with Crippen molar-refractivity contribution in [3.05, 3.63) is 46.5 Å². The van der Waals surface area contributed by atoms with E-state index in [-0.39, 0.29) is 18.7 Å². The van der Waals surface area contributed by atoms with Crippen LogP contribution in [-0.2, 0) is 4.79 Å². The zero-order valence-electron chi connectivity index (χ0n) is 11.1. The van der Waals surface area contributed by atoms with Crippen LogP contribution in [0.15, 0.2) is 36.4 Å². The minimum atomic E-state index is -1.09. The van der Waals surface area contributed by atoms with Crippen molar-refractivity contribution >= 4 is 22.4 Å². The Labute approximate surface area is 120 Å². The monoisotopic (exact) mass is 290 g/mol. The fraction of sp³-hybridized carbons (Fsp3) is 0.214. The van der Waals surface area contributed by atoms with Gasteiger partial charge in [0.1, 0.15) is 11.8 Å². The normalized spacial score (nSPS) is 12.0. The molecular formula is C14H14N2O5. The van der Waals surface area contributed by atoms with Gasteiger partial charge in [0.2, 0.25) is 0 Å². The van der Waals surface area contributed by atoms with E-state index in [0.29, 0.717) is 16.5 Å². The molecule has 2 rings (SSSR count). The molecule has 0 saturated heterocycles. The number of nitrogens with two attached hydrogens (primary N) is 1. The molecule has 1 unspecified atom stereocenters. The van der Waals surface area contributed by atoms with Crippen molar-refractivity contribution in [2.75, 3.05) is 6.61 Å². The standard InChI is InChI=1S/C14H14N2O5/c15-11(14(17)18)7-8-21-13-6-5-12(16(19)20)9-3-1-2-4-10(9)13/h1-6,11H,7-8,15H2,(H,17,18). The number of nitrogens with zero attached hydrogens (tertiary/aromatic N) is 1. The van der Waals surface area contributed by atoms with Crippen molar-refractivity contribution in [2.24, 2.45) is 5.73 Å². The maximum absolute atomic E-state index is 11.0. The average Bonchev–Trinajstić information content (AvgIpc) is 2.46. The first-order chi connectivity index (χ1) is 10.0. The number of fused-ring (bicyclic) bond motifs is 1. The minimum absolute atomic E-state index is 0.000173. The van der Waals surface area contributed by atoms with Crippen LogP contribution in [0.2, 0.25) is 0 Å². The highest BCUT2D eigenvalue weighted by atomic mass is 16.6. The van der Waals surface area contributed by atoms with E-state index in [1.54, 1.807) is 24.3 Å². The number of carboxylic acid groups (broad SMARTS) is 1. The molecule has 2 aromatic rings. The Morgan fingerprint density at radius 2 is 1.95 bits per heavy atom. The summed E-state index contributed by atoms with van der Waals surface area (Å²) in [6, 6.07) is 8.70. The van der Waals surface area contributed by atoms with Crippen LogP contribution in [0.1, 0.15) is 6.42 Å². The van der Waals surface area contributed by atoms with Crippen molar-refractivity contribution in [2.45, 2.75) is 12.5 Å². The molecule has 0 aliphatic heterocycles. The van der Waals surface area contributed by atoms with Gasteiger partial charge in [-0.1, -0.05) is 18.2 Å². The van der Waals surface area contributed by atoms with E-state index in [1.165, 1.54) is 12.1 Å². The van der Waals surface area contributed by atoms with Gasteiger partial charge in [0.15, 0.2) is 0 Å². The highest BCUT2D eigenvalue weighted by Crippen LogP contribution is 2.32.